The Morgan fingerprint density at radius 3 is 2.41 bits per heavy atom. The topological polar surface area (TPSA) is 59.1 Å². The number of halogens is 1. The van der Waals surface area contributed by atoms with Crippen LogP contribution in [0.15, 0.2) is 72.8 Å². The maximum absolute atomic E-state index is 13.1. The molecule has 0 aliphatic rings. The number of ether oxygens (including phenoxy) is 1. The molecule has 0 aliphatic carbocycles. The van der Waals surface area contributed by atoms with E-state index < -0.39 is 0 Å². The number of nitrogens with zero attached hydrogens (tertiary/aromatic N) is 2. The molecule has 0 fully saturated rings. The fourth-order valence-electron chi connectivity index (χ4n) is 2.99. The lowest BCUT2D eigenvalue weighted by atomic mass is 10.2. The van der Waals surface area contributed by atoms with Crippen molar-refractivity contribution in [3.63, 3.8) is 0 Å². The van der Waals surface area contributed by atoms with E-state index in [-0.39, 0.29) is 5.82 Å². The largest absolute Gasteiger partial charge is 0.494 e. The van der Waals surface area contributed by atoms with Crippen molar-refractivity contribution in [2.24, 2.45) is 0 Å². The second kappa shape index (κ2) is 8.56. The molecule has 0 saturated heterocycles. The van der Waals surface area contributed by atoms with Crippen LogP contribution in [0.5, 0.6) is 5.75 Å². The molecule has 5 nitrogen and oxygen atoms in total. The molecule has 0 aliphatic heterocycles. The van der Waals surface area contributed by atoms with Crippen molar-refractivity contribution in [3.8, 4) is 5.75 Å². The summed E-state index contributed by atoms with van der Waals surface area (Å²) >= 11 is 0. The van der Waals surface area contributed by atoms with Crippen LogP contribution < -0.4 is 15.4 Å². The molecule has 2 N–H and O–H groups in total. The van der Waals surface area contributed by atoms with E-state index in [1.165, 1.54) is 12.1 Å². The molecule has 0 atom stereocenters. The minimum atomic E-state index is -0.247. The Balaban J connectivity index is 1.58. The maximum Gasteiger partial charge on any atom is 0.229 e. The summed E-state index contributed by atoms with van der Waals surface area (Å²) in [6.45, 7) is 3.11. The Bertz CT molecular complexity index is 1100. The highest BCUT2D eigenvalue weighted by Crippen LogP contribution is 2.25. The van der Waals surface area contributed by atoms with Gasteiger partial charge in [0.05, 0.1) is 12.1 Å². The molecule has 0 unspecified atom stereocenters. The van der Waals surface area contributed by atoms with Crippen LogP contribution in [-0.2, 0) is 6.54 Å². The quantitative estimate of drug-likeness (QED) is 0.436. The van der Waals surface area contributed by atoms with Crippen molar-refractivity contribution in [2.75, 3.05) is 17.2 Å². The number of hydrogen-bond donors (Lipinski definition) is 2. The molecule has 6 heteroatoms. The minimum Gasteiger partial charge on any atom is -0.494 e. The van der Waals surface area contributed by atoms with Crippen molar-refractivity contribution in [2.45, 2.75) is 13.5 Å². The van der Waals surface area contributed by atoms with Gasteiger partial charge in [-0.05, 0) is 61.0 Å². The third-order valence-electron chi connectivity index (χ3n) is 4.40. The van der Waals surface area contributed by atoms with E-state index in [0.717, 1.165) is 27.9 Å². The molecule has 3 aromatic carbocycles. The van der Waals surface area contributed by atoms with E-state index in [1.54, 1.807) is 12.1 Å². The highest BCUT2D eigenvalue weighted by atomic mass is 19.1. The Kier molecular flexibility index (Phi) is 5.52. The summed E-state index contributed by atoms with van der Waals surface area (Å²) in [5.74, 6) is 1.78. The number of hydrogen-bond acceptors (Lipinski definition) is 5. The SMILES string of the molecule is CCOc1ccc(Nc2nc(NCc3ccc(F)cc3)c3ccccc3n2)cc1. The molecule has 0 amide bonds. The van der Waals surface area contributed by atoms with Crippen LogP contribution in [0.25, 0.3) is 10.9 Å². The second-order valence-corrected chi connectivity index (χ2v) is 6.48. The zero-order valence-corrected chi connectivity index (χ0v) is 16.0. The van der Waals surface area contributed by atoms with Gasteiger partial charge in [0.1, 0.15) is 17.4 Å². The van der Waals surface area contributed by atoms with Crippen molar-refractivity contribution >= 4 is 28.4 Å². The van der Waals surface area contributed by atoms with Crippen LogP contribution in [0.3, 0.4) is 0 Å². The number of aromatic nitrogens is 2. The summed E-state index contributed by atoms with van der Waals surface area (Å²) in [6, 6.07) is 21.9. The summed E-state index contributed by atoms with van der Waals surface area (Å²) in [5.41, 5.74) is 2.67. The van der Waals surface area contributed by atoms with E-state index in [1.807, 2.05) is 55.5 Å². The summed E-state index contributed by atoms with van der Waals surface area (Å²) in [4.78, 5) is 9.26. The van der Waals surface area contributed by atoms with Gasteiger partial charge in [0.15, 0.2) is 0 Å². The lowest BCUT2D eigenvalue weighted by molar-refractivity contribution is 0.340. The van der Waals surface area contributed by atoms with Crippen LogP contribution in [-0.4, -0.2) is 16.6 Å². The second-order valence-electron chi connectivity index (χ2n) is 6.48. The minimum absolute atomic E-state index is 0.247. The van der Waals surface area contributed by atoms with Crippen molar-refractivity contribution < 1.29 is 9.13 Å². The smallest absolute Gasteiger partial charge is 0.229 e. The number of para-hydroxylation sites is 1. The van der Waals surface area contributed by atoms with Gasteiger partial charge in [-0.1, -0.05) is 24.3 Å². The van der Waals surface area contributed by atoms with Crippen LogP contribution >= 0.6 is 0 Å². The number of nitrogens with one attached hydrogen (secondary N) is 2. The van der Waals surface area contributed by atoms with Gasteiger partial charge in [0, 0.05) is 17.6 Å². The Morgan fingerprint density at radius 2 is 1.66 bits per heavy atom. The van der Waals surface area contributed by atoms with Gasteiger partial charge in [-0.25, -0.2) is 9.37 Å². The fraction of sp³-hybridized carbons (Fsp3) is 0.130. The third-order valence-corrected chi connectivity index (χ3v) is 4.40. The van der Waals surface area contributed by atoms with E-state index >= 15 is 0 Å². The van der Waals surface area contributed by atoms with Crippen molar-refractivity contribution in [3.05, 3.63) is 84.2 Å². The Labute approximate surface area is 168 Å². The predicted molar refractivity (Wildman–Crippen MR) is 114 cm³/mol. The molecular weight excluding hydrogens is 367 g/mol. The summed E-state index contributed by atoms with van der Waals surface area (Å²) in [7, 11) is 0. The van der Waals surface area contributed by atoms with Crippen LogP contribution in [0.4, 0.5) is 21.8 Å². The van der Waals surface area contributed by atoms with E-state index in [2.05, 4.69) is 20.6 Å². The molecular formula is C23H21FN4O. The zero-order valence-electron chi connectivity index (χ0n) is 16.0. The lowest BCUT2D eigenvalue weighted by Gasteiger charge is -2.12. The first-order valence-electron chi connectivity index (χ1n) is 9.46. The number of benzene rings is 3. The molecule has 0 bridgehead atoms. The van der Waals surface area contributed by atoms with Crippen molar-refractivity contribution in [1.82, 2.24) is 9.97 Å². The summed E-state index contributed by atoms with van der Waals surface area (Å²) < 4.78 is 18.6. The summed E-state index contributed by atoms with van der Waals surface area (Å²) in [5, 5.41) is 7.51. The molecule has 1 heterocycles. The van der Waals surface area contributed by atoms with Crippen LogP contribution in [0, 0.1) is 5.82 Å². The molecule has 146 valence electrons. The highest BCUT2D eigenvalue weighted by Gasteiger charge is 2.08. The van der Waals surface area contributed by atoms with E-state index in [9.17, 15) is 4.39 Å². The average molecular weight is 388 g/mol. The molecule has 29 heavy (non-hydrogen) atoms. The standard InChI is InChI=1S/C23H21FN4O/c1-2-29-19-13-11-18(12-14-19)26-23-27-21-6-4-3-5-20(21)22(28-23)25-15-16-7-9-17(24)10-8-16/h3-14H,2,15H2,1H3,(H2,25,26,27,28). The summed E-state index contributed by atoms with van der Waals surface area (Å²) in [6.07, 6.45) is 0. The third kappa shape index (κ3) is 4.60. The van der Waals surface area contributed by atoms with Gasteiger partial charge in [0.25, 0.3) is 0 Å². The van der Waals surface area contributed by atoms with Crippen LogP contribution in [0.1, 0.15) is 12.5 Å². The van der Waals surface area contributed by atoms with Gasteiger partial charge in [-0.3, -0.25) is 0 Å². The van der Waals surface area contributed by atoms with Crippen LogP contribution in [0.2, 0.25) is 0 Å². The highest BCUT2D eigenvalue weighted by molar-refractivity contribution is 5.90. The monoisotopic (exact) mass is 388 g/mol. The van der Waals surface area contributed by atoms with Gasteiger partial charge >= 0.3 is 0 Å². The van der Waals surface area contributed by atoms with Gasteiger partial charge in [0.2, 0.25) is 5.95 Å². The van der Waals surface area contributed by atoms with Crippen molar-refractivity contribution in [1.29, 1.82) is 0 Å². The molecule has 1 aromatic heterocycles. The van der Waals surface area contributed by atoms with E-state index in [0.29, 0.717) is 24.9 Å². The van der Waals surface area contributed by atoms with Gasteiger partial charge in [-0.2, -0.15) is 4.98 Å². The van der Waals surface area contributed by atoms with Gasteiger partial charge in [-0.15, -0.1) is 0 Å². The van der Waals surface area contributed by atoms with E-state index in [4.69, 9.17) is 4.74 Å². The first-order valence-corrected chi connectivity index (χ1v) is 9.46. The normalized spacial score (nSPS) is 10.7. The average Bonchev–Trinajstić information content (AvgIpc) is 2.75. The lowest BCUT2D eigenvalue weighted by Crippen LogP contribution is -2.06. The fourth-order valence-corrected chi connectivity index (χ4v) is 2.99. The maximum atomic E-state index is 13.1. The molecule has 0 spiro atoms. The predicted octanol–water partition coefficient (Wildman–Crippen LogP) is 5.52. The van der Waals surface area contributed by atoms with Gasteiger partial charge < -0.3 is 15.4 Å². The molecule has 4 aromatic rings. The number of rotatable bonds is 7. The number of fused-ring (bicyclic) bond motifs is 1. The Hall–Kier alpha value is -3.67. The Morgan fingerprint density at radius 1 is 0.897 bits per heavy atom. The molecule has 0 radical (unpaired) electrons. The molecule has 0 saturated carbocycles. The number of anilines is 3. The first-order chi connectivity index (χ1) is 14.2. The zero-order chi connectivity index (χ0) is 20.1. The molecule has 4 rings (SSSR count). The first kappa shape index (κ1) is 18.7.